The van der Waals surface area contributed by atoms with Crippen LogP contribution in [0, 0.1) is 0 Å². The summed E-state index contributed by atoms with van der Waals surface area (Å²) in [6, 6.07) is 22.1. The van der Waals surface area contributed by atoms with Gasteiger partial charge in [-0.05, 0) is 35.9 Å². The van der Waals surface area contributed by atoms with Crippen LogP contribution in [-0.4, -0.2) is 6.61 Å². The van der Waals surface area contributed by atoms with Crippen molar-refractivity contribution in [2.24, 2.45) is 0 Å². The fourth-order valence-electron chi connectivity index (χ4n) is 3.13. The van der Waals surface area contributed by atoms with Gasteiger partial charge < -0.3 is 13.9 Å². The molecule has 4 aromatic rings. The maximum atomic E-state index is 6.10. The summed E-state index contributed by atoms with van der Waals surface area (Å²) in [5, 5.41) is 2.24. The van der Waals surface area contributed by atoms with E-state index in [4.69, 9.17) is 13.9 Å². The molecule has 0 aliphatic carbocycles. The molecule has 5 rings (SSSR count). The van der Waals surface area contributed by atoms with E-state index >= 15 is 0 Å². The number of ether oxygens (including phenoxy) is 2. The summed E-state index contributed by atoms with van der Waals surface area (Å²) in [7, 11) is 0. The van der Waals surface area contributed by atoms with Crippen molar-refractivity contribution < 1.29 is 13.9 Å². The first-order valence-electron chi connectivity index (χ1n) is 7.68. The van der Waals surface area contributed by atoms with Gasteiger partial charge in [0, 0.05) is 10.8 Å². The zero-order valence-electron chi connectivity index (χ0n) is 12.4. The highest BCUT2D eigenvalue weighted by Crippen LogP contribution is 2.37. The minimum atomic E-state index is -0.108. The lowest BCUT2D eigenvalue weighted by atomic mass is 10.0. The van der Waals surface area contributed by atoms with Gasteiger partial charge in [-0.1, -0.05) is 36.4 Å². The smallest absolute Gasteiger partial charge is 0.162 e. The Labute approximate surface area is 133 Å². The average molecular weight is 302 g/mol. The van der Waals surface area contributed by atoms with Gasteiger partial charge in [0.15, 0.2) is 17.6 Å². The third-order valence-electron chi connectivity index (χ3n) is 4.28. The topological polar surface area (TPSA) is 31.6 Å². The van der Waals surface area contributed by atoms with E-state index in [2.05, 4.69) is 12.1 Å². The lowest BCUT2D eigenvalue weighted by Crippen LogP contribution is -2.21. The van der Waals surface area contributed by atoms with Crippen LogP contribution in [0.3, 0.4) is 0 Å². The molecule has 3 nitrogen and oxygen atoms in total. The fraction of sp³-hybridized carbons (Fsp3) is 0.100. The number of para-hydroxylation sites is 3. The molecule has 0 amide bonds. The lowest BCUT2D eigenvalue weighted by Gasteiger charge is -2.26. The van der Waals surface area contributed by atoms with Gasteiger partial charge in [-0.25, -0.2) is 0 Å². The van der Waals surface area contributed by atoms with E-state index in [1.54, 1.807) is 0 Å². The van der Waals surface area contributed by atoms with Gasteiger partial charge in [0.25, 0.3) is 0 Å². The van der Waals surface area contributed by atoms with E-state index < -0.39 is 0 Å². The van der Waals surface area contributed by atoms with E-state index in [1.807, 2.05) is 54.6 Å². The highest BCUT2D eigenvalue weighted by atomic mass is 16.6. The van der Waals surface area contributed by atoms with Crippen molar-refractivity contribution in [3.63, 3.8) is 0 Å². The van der Waals surface area contributed by atoms with Crippen molar-refractivity contribution in [1.82, 2.24) is 0 Å². The minimum Gasteiger partial charge on any atom is -0.485 e. The SMILES string of the molecule is c1ccc2c(c1)OCC(c1ccc3oc4ccccc4c3c1)O2. The van der Waals surface area contributed by atoms with Gasteiger partial charge in [-0.15, -0.1) is 0 Å². The van der Waals surface area contributed by atoms with Crippen LogP contribution >= 0.6 is 0 Å². The molecule has 3 aromatic carbocycles. The second-order valence-corrected chi connectivity index (χ2v) is 5.72. The monoisotopic (exact) mass is 302 g/mol. The number of furan rings is 1. The van der Waals surface area contributed by atoms with Crippen molar-refractivity contribution in [3.05, 3.63) is 72.3 Å². The Morgan fingerprint density at radius 3 is 2.48 bits per heavy atom. The van der Waals surface area contributed by atoms with E-state index in [0.717, 1.165) is 39.0 Å². The molecule has 1 aliphatic heterocycles. The van der Waals surface area contributed by atoms with Crippen LogP contribution in [0.25, 0.3) is 21.9 Å². The Morgan fingerprint density at radius 2 is 1.52 bits per heavy atom. The Kier molecular flexibility index (Phi) is 2.62. The summed E-state index contributed by atoms with van der Waals surface area (Å²) >= 11 is 0. The van der Waals surface area contributed by atoms with Gasteiger partial charge in [0.05, 0.1) is 0 Å². The highest BCUT2D eigenvalue weighted by Gasteiger charge is 2.23. The lowest BCUT2D eigenvalue weighted by molar-refractivity contribution is 0.0914. The molecule has 0 fully saturated rings. The second kappa shape index (κ2) is 4.78. The van der Waals surface area contributed by atoms with Crippen LogP contribution in [-0.2, 0) is 0 Å². The maximum absolute atomic E-state index is 6.10. The second-order valence-electron chi connectivity index (χ2n) is 5.72. The van der Waals surface area contributed by atoms with Crippen LogP contribution < -0.4 is 9.47 Å². The van der Waals surface area contributed by atoms with Crippen molar-refractivity contribution in [2.45, 2.75) is 6.10 Å². The summed E-state index contributed by atoms with van der Waals surface area (Å²) < 4.78 is 17.8. The number of benzene rings is 3. The molecular weight excluding hydrogens is 288 g/mol. The van der Waals surface area contributed by atoms with Crippen molar-refractivity contribution in [2.75, 3.05) is 6.61 Å². The first-order chi connectivity index (χ1) is 11.4. The number of fused-ring (bicyclic) bond motifs is 4. The zero-order chi connectivity index (χ0) is 15.2. The predicted octanol–water partition coefficient (Wildman–Crippen LogP) is 5.10. The van der Waals surface area contributed by atoms with Crippen molar-refractivity contribution in [3.8, 4) is 11.5 Å². The average Bonchev–Trinajstić information content (AvgIpc) is 2.99. The molecule has 1 atom stereocenters. The van der Waals surface area contributed by atoms with Crippen molar-refractivity contribution >= 4 is 21.9 Å². The van der Waals surface area contributed by atoms with E-state index in [1.165, 1.54) is 0 Å². The summed E-state index contributed by atoms with van der Waals surface area (Å²) in [5.74, 6) is 1.60. The van der Waals surface area contributed by atoms with Crippen LogP contribution in [0.15, 0.2) is 71.1 Å². The number of hydrogen-bond acceptors (Lipinski definition) is 3. The molecule has 0 saturated heterocycles. The standard InChI is InChI=1S/C20H14O3/c1-2-6-16-14(5-1)15-11-13(9-10-17(15)22-16)20-12-21-18-7-3-4-8-19(18)23-20/h1-11,20H,12H2. The van der Waals surface area contributed by atoms with E-state index in [9.17, 15) is 0 Å². The van der Waals surface area contributed by atoms with Gasteiger partial charge in [0.2, 0.25) is 0 Å². The Morgan fingerprint density at radius 1 is 0.739 bits per heavy atom. The predicted molar refractivity (Wildman–Crippen MR) is 89.0 cm³/mol. The molecule has 23 heavy (non-hydrogen) atoms. The van der Waals surface area contributed by atoms with Gasteiger partial charge in [-0.3, -0.25) is 0 Å². The quantitative estimate of drug-likeness (QED) is 0.490. The van der Waals surface area contributed by atoms with Crippen LogP contribution in [0.5, 0.6) is 11.5 Å². The Balaban J connectivity index is 1.60. The summed E-state index contributed by atoms with van der Waals surface area (Å²) in [4.78, 5) is 0. The molecule has 112 valence electrons. The van der Waals surface area contributed by atoms with Crippen LogP contribution in [0.2, 0.25) is 0 Å². The highest BCUT2D eigenvalue weighted by molar-refractivity contribution is 6.05. The molecule has 1 aromatic heterocycles. The molecule has 0 saturated carbocycles. The summed E-state index contributed by atoms with van der Waals surface area (Å²) in [5.41, 5.74) is 2.90. The Hall–Kier alpha value is -2.94. The molecule has 1 aliphatic rings. The largest absolute Gasteiger partial charge is 0.485 e. The third-order valence-corrected chi connectivity index (χ3v) is 4.28. The van der Waals surface area contributed by atoms with E-state index in [0.29, 0.717) is 6.61 Å². The summed E-state index contributed by atoms with van der Waals surface area (Å²) in [6.07, 6.45) is -0.108. The minimum absolute atomic E-state index is 0.108. The van der Waals surface area contributed by atoms with Gasteiger partial charge >= 0.3 is 0 Å². The van der Waals surface area contributed by atoms with Gasteiger partial charge in [0.1, 0.15) is 17.8 Å². The molecule has 2 heterocycles. The van der Waals surface area contributed by atoms with Crippen LogP contribution in [0.4, 0.5) is 0 Å². The molecule has 1 unspecified atom stereocenters. The summed E-state index contributed by atoms with van der Waals surface area (Å²) in [6.45, 7) is 0.512. The molecule has 0 N–H and O–H groups in total. The Bertz CT molecular complexity index is 1020. The molecular formula is C20H14O3. The first kappa shape index (κ1) is 12.6. The third kappa shape index (κ3) is 1.97. The number of hydrogen-bond donors (Lipinski definition) is 0. The normalized spacial score (nSPS) is 16.8. The van der Waals surface area contributed by atoms with E-state index in [-0.39, 0.29) is 6.10 Å². The molecule has 3 heteroatoms. The molecule has 0 bridgehead atoms. The van der Waals surface area contributed by atoms with Crippen molar-refractivity contribution in [1.29, 1.82) is 0 Å². The number of rotatable bonds is 1. The molecule has 0 radical (unpaired) electrons. The molecule has 0 spiro atoms. The first-order valence-corrected chi connectivity index (χ1v) is 7.68. The van der Waals surface area contributed by atoms with Crippen LogP contribution in [0.1, 0.15) is 11.7 Å². The maximum Gasteiger partial charge on any atom is 0.162 e. The zero-order valence-corrected chi connectivity index (χ0v) is 12.4. The van der Waals surface area contributed by atoms with Gasteiger partial charge in [-0.2, -0.15) is 0 Å². The fourth-order valence-corrected chi connectivity index (χ4v) is 3.13.